The van der Waals surface area contributed by atoms with E-state index in [4.69, 9.17) is 9.47 Å². The molecule has 0 saturated carbocycles. The fourth-order valence-electron chi connectivity index (χ4n) is 4.32. The molecule has 0 aromatic heterocycles. The summed E-state index contributed by atoms with van der Waals surface area (Å²) in [6, 6.07) is 8.99. The normalized spacial score (nSPS) is 22.5. The highest BCUT2D eigenvalue weighted by atomic mass is 16.5. The number of guanidine groups is 1. The van der Waals surface area contributed by atoms with Crippen LogP contribution in [0.1, 0.15) is 31.7 Å². The maximum atomic E-state index is 5.52. The molecule has 1 aromatic rings. The first-order chi connectivity index (χ1) is 13.6. The van der Waals surface area contributed by atoms with Crippen LogP contribution in [0.2, 0.25) is 0 Å². The summed E-state index contributed by atoms with van der Waals surface area (Å²) in [5.41, 5.74) is 1.38. The van der Waals surface area contributed by atoms with Gasteiger partial charge in [0.25, 0.3) is 0 Å². The molecule has 2 saturated heterocycles. The Morgan fingerprint density at radius 2 is 1.93 bits per heavy atom. The van der Waals surface area contributed by atoms with E-state index in [1.165, 1.54) is 5.56 Å². The van der Waals surface area contributed by atoms with Gasteiger partial charge in [-0.3, -0.25) is 9.89 Å². The summed E-state index contributed by atoms with van der Waals surface area (Å²) >= 11 is 0. The predicted molar refractivity (Wildman–Crippen MR) is 114 cm³/mol. The lowest BCUT2D eigenvalue weighted by Gasteiger charge is -2.37. The molecule has 28 heavy (non-hydrogen) atoms. The number of ether oxygens (including phenoxy) is 2. The van der Waals surface area contributed by atoms with Crippen LogP contribution in [0.3, 0.4) is 0 Å². The molecule has 1 N–H and O–H groups in total. The first-order valence-electron chi connectivity index (χ1n) is 10.5. The number of nitrogens with one attached hydrogen (secondary N) is 1. The van der Waals surface area contributed by atoms with Gasteiger partial charge in [0.05, 0.1) is 20.3 Å². The Morgan fingerprint density at radius 3 is 2.54 bits per heavy atom. The van der Waals surface area contributed by atoms with Crippen molar-refractivity contribution in [1.29, 1.82) is 0 Å². The maximum Gasteiger partial charge on any atom is 0.193 e. The number of methoxy groups -OCH3 is 1. The van der Waals surface area contributed by atoms with Crippen molar-refractivity contribution in [2.45, 2.75) is 32.2 Å². The average Bonchev–Trinajstić information content (AvgIpc) is 3.21. The lowest BCUT2D eigenvalue weighted by molar-refractivity contribution is 0.00742. The molecule has 0 bridgehead atoms. The van der Waals surface area contributed by atoms with E-state index in [9.17, 15) is 0 Å². The van der Waals surface area contributed by atoms with Gasteiger partial charge in [0.2, 0.25) is 0 Å². The Kier molecular flexibility index (Phi) is 7.57. The van der Waals surface area contributed by atoms with Crippen LogP contribution >= 0.6 is 0 Å². The van der Waals surface area contributed by atoms with E-state index in [1.807, 2.05) is 7.05 Å². The van der Waals surface area contributed by atoms with Crippen LogP contribution in [0.25, 0.3) is 0 Å². The van der Waals surface area contributed by atoms with Crippen LogP contribution in [0, 0.1) is 5.92 Å². The van der Waals surface area contributed by atoms with E-state index in [0.29, 0.717) is 17.9 Å². The van der Waals surface area contributed by atoms with Gasteiger partial charge in [-0.05, 0) is 30.0 Å². The number of likely N-dealkylation sites (tertiary alicyclic amines) is 1. The molecule has 0 spiro atoms. The van der Waals surface area contributed by atoms with Gasteiger partial charge in [0, 0.05) is 51.7 Å². The minimum absolute atomic E-state index is 0.501. The number of aliphatic imine (C=N–C) groups is 1. The number of hydrogen-bond donors (Lipinski definition) is 1. The third-order valence-corrected chi connectivity index (χ3v) is 6.04. The second-order valence-electron chi connectivity index (χ2n) is 8.09. The van der Waals surface area contributed by atoms with Crippen molar-refractivity contribution in [2.24, 2.45) is 10.9 Å². The van der Waals surface area contributed by atoms with E-state index >= 15 is 0 Å². The molecule has 1 aromatic carbocycles. The standard InChI is InChI=1S/C22H36N4O2/c1-17(2)21(25-11-13-28-14-12-25)15-24-22(23-3)26-10-9-19(16-26)18-5-7-20(27-4)8-6-18/h5-8,17,19,21H,9-16H2,1-4H3,(H,23,24). The van der Waals surface area contributed by atoms with Gasteiger partial charge in [-0.25, -0.2) is 0 Å². The fraction of sp³-hybridized carbons (Fsp3) is 0.682. The van der Waals surface area contributed by atoms with Crippen LogP contribution in [-0.2, 0) is 4.74 Å². The van der Waals surface area contributed by atoms with Crippen molar-refractivity contribution >= 4 is 5.96 Å². The van der Waals surface area contributed by atoms with Crippen LogP contribution < -0.4 is 10.1 Å². The zero-order valence-corrected chi connectivity index (χ0v) is 17.9. The molecular weight excluding hydrogens is 352 g/mol. The van der Waals surface area contributed by atoms with Gasteiger partial charge >= 0.3 is 0 Å². The Labute approximate surface area is 169 Å². The van der Waals surface area contributed by atoms with Crippen LogP contribution in [0.15, 0.2) is 29.3 Å². The summed E-state index contributed by atoms with van der Waals surface area (Å²) in [5, 5.41) is 3.65. The summed E-state index contributed by atoms with van der Waals surface area (Å²) < 4.78 is 10.8. The van der Waals surface area contributed by atoms with Gasteiger partial charge in [-0.1, -0.05) is 26.0 Å². The summed E-state index contributed by atoms with van der Waals surface area (Å²) in [6.07, 6.45) is 1.16. The number of hydrogen-bond acceptors (Lipinski definition) is 4. The molecule has 6 nitrogen and oxygen atoms in total. The maximum absolute atomic E-state index is 5.52. The highest BCUT2D eigenvalue weighted by Crippen LogP contribution is 2.28. The Morgan fingerprint density at radius 1 is 1.21 bits per heavy atom. The van der Waals surface area contributed by atoms with Crippen molar-refractivity contribution < 1.29 is 9.47 Å². The molecule has 2 fully saturated rings. The van der Waals surface area contributed by atoms with Crippen LogP contribution in [0.4, 0.5) is 0 Å². The molecule has 2 unspecified atom stereocenters. The Hall–Kier alpha value is -1.79. The number of nitrogens with zero attached hydrogens (tertiary/aromatic N) is 3. The second kappa shape index (κ2) is 10.1. The first-order valence-corrected chi connectivity index (χ1v) is 10.5. The van der Waals surface area contributed by atoms with Crippen LogP contribution in [0.5, 0.6) is 5.75 Å². The van der Waals surface area contributed by atoms with Gasteiger partial charge < -0.3 is 19.7 Å². The fourth-order valence-corrected chi connectivity index (χ4v) is 4.32. The van der Waals surface area contributed by atoms with Crippen molar-refractivity contribution in [3.05, 3.63) is 29.8 Å². The van der Waals surface area contributed by atoms with Crippen molar-refractivity contribution in [3.8, 4) is 5.75 Å². The molecule has 0 aliphatic carbocycles. The molecular formula is C22H36N4O2. The van der Waals surface area contributed by atoms with E-state index in [1.54, 1.807) is 7.11 Å². The second-order valence-corrected chi connectivity index (χ2v) is 8.09. The minimum atomic E-state index is 0.501. The number of morpholine rings is 1. The van der Waals surface area contributed by atoms with Crippen molar-refractivity contribution in [2.75, 3.05) is 60.1 Å². The largest absolute Gasteiger partial charge is 0.497 e. The lowest BCUT2D eigenvalue weighted by Crippen LogP contribution is -2.53. The molecule has 3 rings (SSSR count). The van der Waals surface area contributed by atoms with E-state index in [0.717, 1.165) is 64.1 Å². The van der Waals surface area contributed by atoms with Crippen molar-refractivity contribution in [3.63, 3.8) is 0 Å². The monoisotopic (exact) mass is 388 g/mol. The van der Waals surface area contributed by atoms with Crippen molar-refractivity contribution in [1.82, 2.24) is 15.1 Å². The quantitative estimate of drug-likeness (QED) is 0.599. The molecule has 2 aliphatic heterocycles. The molecule has 0 amide bonds. The van der Waals surface area contributed by atoms with Crippen LogP contribution in [-0.4, -0.2) is 81.9 Å². The number of benzene rings is 1. The molecule has 156 valence electrons. The topological polar surface area (TPSA) is 49.3 Å². The molecule has 2 heterocycles. The first kappa shape index (κ1) is 20.9. The molecule has 6 heteroatoms. The third kappa shape index (κ3) is 5.17. The van der Waals surface area contributed by atoms with Gasteiger partial charge in [-0.15, -0.1) is 0 Å². The number of rotatable bonds is 6. The van der Waals surface area contributed by atoms with Gasteiger partial charge in [0.1, 0.15) is 5.75 Å². The predicted octanol–water partition coefficient (Wildman–Crippen LogP) is 2.42. The summed E-state index contributed by atoms with van der Waals surface area (Å²) in [7, 11) is 3.60. The average molecular weight is 389 g/mol. The SMILES string of the molecule is CN=C(NCC(C(C)C)N1CCOCC1)N1CCC(c2ccc(OC)cc2)C1. The van der Waals surface area contributed by atoms with Gasteiger partial charge in [-0.2, -0.15) is 0 Å². The highest BCUT2D eigenvalue weighted by Gasteiger charge is 2.28. The molecule has 2 atom stereocenters. The summed E-state index contributed by atoms with van der Waals surface area (Å²) in [5.74, 6) is 3.08. The lowest BCUT2D eigenvalue weighted by atomic mass is 9.98. The zero-order chi connectivity index (χ0) is 19.9. The summed E-state index contributed by atoms with van der Waals surface area (Å²) in [6.45, 7) is 11.3. The Bertz CT molecular complexity index is 626. The highest BCUT2D eigenvalue weighted by molar-refractivity contribution is 5.80. The third-order valence-electron chi connectivity index (χ3n) is 6.04. The van der Waals surface area contributed by atoms with Gasteiger partial charge in [0.15, 0.2) is 5.96 Å². The molecule has 0 radical (unpaired) electrons. The van der Waals surface area contributed by atoms with E-state index in [-0.39, 0.29) is 0 Å². The van der Waals surface area contributed by atoms with E-state index < -0.39 is 0 Å². The Balaban J connectivity index is 1.55. The summed E-state index contributed by atoms with van der Waals surface area (Å²) in [4.78, 5) is 9.52. The smallest absolute Gasteiger partial charge is 0.193 e. The van der Waals surface area contributed by atoms with E-state index in [2.05, 4.69) is 58.2 Å². The molecule has 2 aliphatic rings. The minimum Gasteiger partial charge on any atom is -0.497 e. The zero-order valence-electron chi connectivity index (χ0n) is 17.9.